The van der Waals surface area contributed by atoms with Gasteiger partial charge in [-0.3, -0.25) is 4.79 Å². The molecule has 0 amide bonds. The third kappa shape index (κ3) is 4.01. The fourth-order valence-corrected chi connectivity index (χ4v) is 5.10. The molecule has 2 bridgehead atoms. The van der Waals surface area contributed by atoms with Crippen molar-refractivity contribution in [3.63, 3.8) is 0 Å². The predicted octanol–water partition coefficient (Wildman–Crippen LogP) is 4.73. The fourth-order valence-electron chi connectivity index (χ4n) is 5.10. The van der Waals surface area contributed by atoms with Crippen molar-refractivity contribution in [1.29, 1.82) is 0 Å². The van der Waals surface area contributed by atoms with Crippen LogP contribution in [-0.4, -0.2) is 24.2 Å². The molecular formula is C24H28FNO3. The van der Waals surface area contributed by atoms with Crippen LogP contribution >= 0.6 is 0 Å². The van der Waals surface area contributed by atoms with Gasteiger partial charge in [0.1, 0.15) is 17.7 Å². The molecule has 5 heteroatoms. The second-order valence-corrected chi connectivity index (χ2v) is 8.45. The van der Waals surface area contributed by atoms with Crippen molar-refractivity contribution in [3.05, 3.63) is 65.5 Å². The lowest BCUT2D eigenvalue weighted by molar-refractivity contribution is -0.151. The lowest BCUT2D eigenvalue weighted by Gasteiger charge is -2.35. The highest BCUT2D eigenvalue weighted by atomic mass is 19.1. The molecule has 1 N–H and O–H groups in total. The number of fused-ring (bicyclic) bond motifs is 2. The van der Waals surface area contributed by atoms with Gasteiger partial charge in [0, 0.05) is 12.5 Å². The molecule has 2 saturated heterocycles. The molecule has 0 spiro atoms. The molecule has 154 valence electrons. The molecular weight excluding hydrogens is 369 g/mol. The van der Waals surface area contributed by atoms with Crippen LogP contribution in [0.1, 0.15) is 56.3 Å². The summed E-state index contributed by atoms with van der Waals surface area (Å²) in [4.78, 5) is 11.8. The number of aryl methyl sites for hydroxylation is 1. The highest BCUT2D eigenvalue weighted by molar-refractivity contribution is 5.66. The van der Waals surface area contributed by atoms with Gasteiger partial charge in [0.25, 0.3) is 0 Å². The first-order valence-corrected chi connectivity index (χ1v) is 10.3. The summed E-state index contributed by atoms with van der Waals surface area (Å²) in [5, 5.41) is 3.85. The summed E-state index contributed by atoms with van der Waals surface area (Å²) in [5.41, 5.74) is 1.74. The van der Waals surface area contributed by atoms with E-state index in [4.69, 9.17) is 9.47 Å². The molecule has 2 aromatic carbocycles. The molecule has 29 heavy (non-hydrogen) atoms. The average molecular weight is 397 g/mol. The maximum Gasteiger partial charge on any atom is 0.303 e. The van der Waals surface area contributed by atoms with E-state index in [0.717, 1.165) is 49.8 Å². The van der Waals surface area contributed by atoms with Crippen molar-refractivity contribution in [3.8, 4) is 5.75 Å². The maximum atomic E-state index is 13.9. The van der Waals surface area contributed by atoms with Crippen molar-refractivity contribution in [2.45, 2.75) is 62.6 Å². The van der Waals surface area contributed by atoms with Gasteiger partial charge in [-0.15, -0.1) is 0 Å². The Bertz CT molecular complexity index is 872. The van der Waals surface area contributed by atoms with Gasteiger partial charge >= 0.3 is 5.97 Å². The monoisotopic (exact) mass is 397 g/mol. The smallest absolute Gasteiger partial charge is 0.303 e. The number of esters is 1. The van der Waals surface area contributed by atoms with E-state index in [0.29, 0.717) is 0 Å². The van der Waals surface area contributed by atoms with Crippen molar-refractivity contribution in [2.24, 2.45) is 0 Å². The molecule has 4 rings (SSSR count). The highest BCUT2D eigenvalue weighted by Gasteiger charge is 2.58. The third-order valence-corrected chi connectivity index (χ3v) is 6.60. The first-order valence-electron chi connectivity index (χ1n) is 10.3. The average Bonchev–Trinajstić information content (AvgIpc) is 3.28. The lowest BCUT2D eigenvalue weighted by Crippen LogP contribution is -2.47. The van der Waals surface area contributed by atoms with Crippen LogP contribution in [0.25, 0.3) is 0 Å². The Hall–Kier alpha value is -2.40. The number of halogens is 1. The van der Waals surface area contributed by atoms with Crippen molar-refractivity contribution in [1.82, 2.24) is 5.32 Å². The Labute approximate surface area is 171 Å². The van der Waals surface area contributed by atoms with Gasteiger partial charge < -0.3 is 14.8 Å². The molecule has 2 aliphatic rings. The standard InChI is InChI=1S/C24H28FNO3/c1-17(27)29-22(19-4-3-5-20(25)16-19)24-14-12-23(26-24,13-15-24)11-10-18-6-8-21(28-2)9-7-18/h3-9,16,22,26H,10-15H2,1-2H3/t22-,23?,24?/m1/s1. The summed E-state index contributed by atoms with van der Waals surface area (Å²) in [6, 6.07) is 14.6. The highest BCUT2D eigenvalue weighted by Crippen LogP contribution is 2.53. The van der Waals surface area contributed by atoms with Crippen molar-refractivity contribution in [2.75, 3.05) is 7.11 Å². The predicted molar refractivity (Wildman–Crippen MR) is 109 cm³/mol. The number of nitrogens with one attached hydrogen (secondary N) is 1. The zero-order valence-corrected chi connectivity index (χ0v) is 17.0. The summed E-state index contributed by atoms with van der Waals surface area (Å²) < 4.78 is 24.8. The van der Waals surface area contributed by atoms with Crippen LogP contribution in [0.2, 0.25) is 0 Å². The van der Waals surface area contributed by atoms with E-state index in [9.17, 15) is 9.18 Å². The molecule has 0 radical (unpaired) electrons. The number of carbonyl (C=O) groups excluding carboxylic acids is 1. The second-order valence-electron chi connectivity index (χ2n) is 8.45. The quantitative estimate of drug-likeness (QED) is 0.687. The van der Waals surface area contributed by atoms with Crippen LogP contribution in [-0.2, 0) is 16.0 Å². The van der Waals surface area contributed by atoms with E-state index in [2.05, 4.69) is 17.4 Å². The van der Waals surface area contributed by atoms with Gasteiger partial charge in [-0.05, 0) is 73.9 Å². The summed E-state index contributed by atoms with van der Waals surface area (Å²) in [6.45, 7) is 1.42. The number of ether oxygens (including phenoxy) is 2. The molecule has 1 atom stereocenters. The zero-order valence-electron chi connectivity index (χ0n) is 17.0. The van der Waals surface area contributed by atoms with Gasteiger partial charge in [0.15, 0.2) is 0 Å². The number of carbonyl (C=O) groups is 1. The molecule has 2 aromatic rings. The van der Waals surface area contributed by atoms with Gasteiger partial charge in [0.05, 0.1) is 12.6 Å². The van der Waals surface area contributed by atoms with Crippen LogP contribution < -0.4 is 10.1 Å². The van der Waals surface area contributed by atoms with E-state index in [-0.39, 0.29) is 22.9 Å². The van der Waals surface area contributed by atoms with Crippen molar-refractivity contribution < 1.29 is 18.7 Å². The zero-order chi connectivity index (χ0) is 20.5. The molecule has 2 aliphatic heterocycles. The summed E-state index contributed by atoms with van der Waals surface area (Å²) in [6.07, 6.45) is 5.45. The van der Waals surface area contributed by atoms with Crippen LogP contribution in [0.15, 0.2) is 48.5 Å². The van der Waals surface area contributed by atoms with Crippen LogP contribution in [0.4, 0.5) is 4.39 Å². The molecule has 0 aliphatic carbocycles. The molecule has 2 fully saturated rings. The first-order chi connectivity index (χ1) is 13.9. The second kappa shape index (κ2) is 7.79. The number of rotatable bonds is 7. The molecule has 2 heterocycles. The Morgan fingerprint density at radius 3 is 2.48 bits per heavy atom. The lowest BCUT2D eigenvalue weighted by atomic mass is 9.76. The summed E-state index contributed by atoms with van der Waals surface area (Å²) >= 11 is 0. The Morgan fingerprint density at radius 2 is 1.86 bits per heavy atom. The molecule has 0 saturated carbocycles. The normalized spacial score (nSPS) is 26.3. The van der Waals surface area contributed by atoms with E-state index >= 15 is 0 Å². The van der Waals surface area contributed by atoms with E-state index in [1.165, 1.54) is 24.6 Å². The van der Waals surface area contributed by atoms with Gasteiger partial charge in [-0.25, -0.2) is 4.39 Å². The largest absolute Gasteiger partial charge is 0.497 e. The van der Waals surface area contributed by atoms with E-state index < -0.39 is 6.10 Å². The SMILES string of the molecule is COc1ccc(CCC23CCC([C@H](OC(C)=O)c4cccc(F)c4)(CC2)N3)cc1. The van der Waals surface area contributed by atoms with Gasteiger partial charge in [-0.1, -0.05) is 24.3 Å². The minimum atomic E-state index is -0.471. The number of benzene rings is 2. The van der Waals surface area contributed by atoms with Crippen LogP contribution in [0.5, 0.6) is 5.75 Å². The third-order valence-electron chi connectivity index (χ3n) is 6.60. The number of hydrogen-bond acceptors (Lipinski definition) is 4. The summed E-state index contributed by atoms with van der Waals surface area (Å²) in [7, 11) is 1.67. The maximum absolute atomic E-state index is 13.9. The fraction of sp³-hybridized carbons (Fsp3) is 0.458. The first kappa shape index (κ1) is 19.9. The number of hydrogen-bond donors (Lipinski definition) is 1. The van der Waals surface area contributed by atoms with Crippen LogP contribution in [0.3, 0.4) is 0 Å². The van der Waals surface area contributed by atoms with E-state index in [1.807, 2.05) is 18.2 Å². The van der Waals surface area contributed by atoms with Crippen molar-refractivity contribution >= 4 is 5.97 Å². The topological polar surface area (TPSA) is 47.6 Å². The Kier molecular flexibility index (Phi) is 5.34. The van der Waals surface area contributed by atoms with Gasteiger partial charge in [-0.2, -0.15) is 0 Å². The van der Waals surface area contributed by atoms with Crippen LogP contribution in [0, 0.1) is 5.82 Å². The Morgan fingerprint density at radius 1 is 1.14 bits per heavy atom. The molecule has 0 aromatic heterocycles. The minimum absolute atomic E-state index is 0.0473. The minimum Gasteiger partial charge on any atom is -0.497 e. The summed E-state index contributed by atoms with van der Waals surface area (Å²) in [5.74, 6) is 0.223. The van der Waals surface area contributed by atoms with E-state index in [1.54, 1.807) is 13.2 Å². The number of methoxy groups -OCH3 is 1. The Balaban J connectivity index is 1.50. The molecule has 4 nitrogen and oxygen atoms in total. The van der Waals surface area contributed by atoms with Gasteiger partial charge in [0.2, 0.25) is 0 Å². The molecule has 0 unspecified atom stereocenters.